The van der Waals surface area contributed by atoms with Crippen molar-refractivity contribution in [1.29, 1.82) is 0 Å². The Morgan fingerprint density at radius 2 is 2.00 bits per heavy atom. The van der Waals surface area contributed by atoms with E-state index >= 15 is 0 Å². The molecule has 1 aromatic carbocycles. The van der Waals surface area contributed by atoms with Crippen molar-refractivity contribution >= 4 is 21.6 Å². The van der Waals surface area contributed by atoms with Crippen LogP contribution in [0.4, 0.5) is 0 Å². The fourth-order valence-corrected chi connectivity index (χ4v) is 4.42. The van der Waals surface area contributed by atoms with Crippen LogP contribution >= 0.6 is 11.6 Å². The Labute approximate surface area is 125 Å². The van der Waals surface area contributed by atoms with E-state index in [1.807, 2.05) is 6.92 Å². The quantitative estimate of drug-likeness (QED) is 0.876. The highest BCUT2D eigenvalue weighted by atomic mass is 35.5. The van der Waals surface area contributed by atoms with Crippen molar-refractivity contribution in [2.24, 2.45) is 5.41 Å². The van der Waals surface area contributed by atoms with Gasteiger partial charge in [0.1, 0.15) is 4.90 Å². The van der Waals surface area contributed by atoms with Crippen LogP contribution in [0.2, 0.25) is 5.02 Å². The van der Waals surface area contributed by atoms with E-state index in [1.165, 1.54) is 6.07 Å². The SMILES string of the molecule is Cc1ccc(S(=O)(=O)NCC2(CO)CCCC2)c(Cl)c1. The third-order valence-corrected chi connectivity index (χ3v) is 5.90. The summed E-state index contributed by atoms with van der Waals surface area (Å²) in [5.41, 5.74) is 0.598. The fourth-order valence-electron chi connectivity index (χ4n) is 2.67. The van der Waals surface area contributed by atoms with Gasteiger partial charge < -0.3 is 5.11 Å². The summed E-state index contributed by atoms with van der Waals surface area (Å²) < 4.78 is 27.2. The number of hydrogen-bond acceptors (Lipinski definition) is 3. The minimum absolute atomic E-state index is 0.0111. The first-order valence-electron chi connectivity index (χ1n) is 6.75. The molecule has 20 heavy (non-hydrogen) atoms. The maximum Gasteiger partial charge on any atom is 0.242 e. The van der Waals surface area contributed by atoms with Crippen molar-refractivity contribution in [1.82, 2.24) is 4.72 Å². The van der Waals surface area contributed by atoms with Gasteiger partial charge in [-0.1, -0.05) is 30.5 Å². The first kappa shape index (κ1) is 15.8. The molecule has 0 unspecified atom stereocenters. The van der Waals surface area contributed by atoms with Gasteiger partial charge in [-0.2, -0.15) is 0 Å². The zero-order valence-electron chi connectivity index (χ0n) is 11.5. The van der Waals surface area contributed by atoms with E-state index in [0.29, 0.717) is 0 Å². The molecule has 2 rings (SSSR count). The van der Waals surface area contributed by atoms with Crippen LogP contribution in [-0.4, -0.2) is 26.7 Å². The van der Waals surface area contributed by atoms with E-state index in [4.69, 9.17) is 11.6 Å². The summed E-state index contributed by atoms with van der Waals surface area (Å²) in [6.07, 6.45) is 3.78. The molecule has 0 aliphatic heterocycles. The first-order chi connectivity index (χ1) is 9.38. The molecule has 1 fully saturated rings. The Hall–Kier alpha value is -0.620. The maximum atomic E-state index is 12.3. The van der Waals surface area contributed by atoms with Gasteiger partial charge >= 0.3 is 0 Å². The summed E-state index contributed by atoms with van der Waals surface area (Å²) in [5, 5.41) is 9.74. The Kier molecular flexibility index (Phi) is 4.74. The Morgan fingerprint density at radius 3 is 2.55 bits per heavy atom. The van der Waals surface area contributed by atoms with Crippen LogP contribution in [0, 0.1) is 12.3 Å². The Balaban J connectivity index is 2.15. The van der Waals surface area contributed by atoms with Crippen LogP contribution in [0.3, 0.4) is 0 Å². The van der Waals surface area contributed by atoms with E-state index in [2.05, 4.69) is 4.72 Å². The van der Waals surface area contributed by atoms with Crippen LogP contribution in [-0.2, 0) is 10.0 Å². The van der Waals surface area contributed by atoms with Crippen LogP contribution in [0.5, 0.6) is 0 Å². The smallest absolute Gasteiger partial charge is 0.242 e. The monoisotopic (exact) mass is 317 g/mol. The highest BCUT2D eigenvalue weighted by molar-refractivity contribution is 7.89. The summed E-state index contributed by atoms with van der Waals surface area (Å²) in [5.74, 6) is 0. The summed E-state index contributed by atoms with van der Waals surface area (Å²) in [6.45, 7) is 2.13. The van der Waals surface area contributed by atoms with Crippen molar-refractivity contribution < 1.29 is 13.5 Å². The van der Waals surface area contributed by atoms with Crippen molar-refractivity contribution in [3.05, 3.63) is 28.8 Å². The summed E-state index contributed by atoms with van der Waals surface area (Å²) in [7, 11) is -3.64. The van der Waals surface area contributed by atoms with Gasteiger partial charge in [-0.05, 0) is 37.5 Å². The molecular weight excluding hydrogens is 298 g/mol. The van der Waals surface area contributed by atoms with Crippen molar-refractivity contribution in [3.8, 4) is 0 Å². The summed E-state index contributed by atoms with van der Waals surface area (Å²) in [6, 6.07) is 4.87. The molecule has 2 N–H and O–H groups in total. The number of sulfonamides is 1. The molecule has 1 aliphatic rings. The van der Waals surface area contributed by atoms with Gasteiger partial charge in [-0.25, -0.2) is 13.1 Å². The van der Waals surface area contributed by atoms with E-state index in [9.17, 15) is 13.5 Å². The van der Waals surface area contributed by atoms with E-state index in [0.717, 1.165) is 31.2 Å². The van der Waals surface area contributed by atoms with Crippen LogP contribution < -0.4 is 4.72 Å². The van der Waals surface area contributed by atoms with Gasteiger partial charge in [0.15, 0.2) is 0 Å². The van der Waals surface area contributed by atoms with Gasteiger partial charge in [0.2, 0.25) is 10.0 Å². The fraction of sp³-hybridized carbons (Fsp3) is 0.571. The predicted molar refractivity (Wildman–Crippen MR) is 79.4 cm³/mol. The molecule has 0 heterocycles. The van der Waals surface area contributed by atoms with E-state index < -0.39 is 10.0 Å². The molecule has 0 bridgehead atoms. The van der Waals surface area contributed by atoms with Gasteiger partial charge in [0, 0.05) is 18.6 Å². The number of aliphatic hydroxyl groups is 1. The Morgan fingerprint density at radius 1 is 1.35 bits per heavy atom. The number of aryl methyl sites for hydroxylation is 1. The molecular formula is C14H20ClNO3S. The molecule has 4 nitrogen and oxygen atoms in total. The largest absolute Gasteiger partial charge is 0.396 e. The van der Waals surface area contributed by atoms with Crippen molar-refractivity contribution in [2.45, 2.75) is 37.5 Å². The van der Waals surface area contributed by atoms with E-state index in [1.54, 1.807) is 12.1 Å². The maximum absolute atomic E-state index is 12.3. The number of aliphatic hydroxyl groups excluding tert-OH is 1. The second kappa shape index (κ2) is 6.02. The minimum Gasteiger partial charge on any atom is -0.396 e. The summed E-state index contributed by atoms with van der Waals surface area (Å²) >= 11 is 6.01. The average molecular weight is 318 g/mol. The molecule has 0 amide bonds. The molecule has 1 aromatic rings. The van der Waals surface area contributed by atoms with Gasteiger partial charge in [-0.15, -0.1) is 0 Å². The lowest BCUT2D eigenvalue weighted by Crippen LogP contribution is -2.38. The van der Waals surface area contributed by atoms with Crippen molar-refractivity contribution in [3.63, 3.8) is 0 Å². The lowest BCUT2D eigenvalue weighted by molar-refractivity contribution is 0.134. The third kappa shape index (κ3) is 3.34. The number of halogens is 1. The zero-order chi connectivity index (χ0) is 14.8. The van der Waals surface area contributed by atoms with Crippen LogP contribution in [0.15, 0.2) is 23.1 Å². The molecule has 0 spiro atoms. The van der Waals surface area contributed by atoms with Crippen LogP contribution in [0.1, 0.15) is 31.2 Å². The molecule has 0 aromatic heterocycles. The topological polar surface area (TPSA) is 66.4 Å². The molecule has 0 saturated heterocycles. The summed E-state index contributed by atoms with van der Waals surface area (Å²) in [4.78, 5) is 0.0934. The Bertz CT molecular complexity index is 580. The predicted octanol–water partition coefficient (Wildman–Crippen LogP) is 2.48. The standard InChI is InChI=1S/C14H20ClNO3S/c1-11-4-5-13(12(15)8-11)20(18,19)16-9-14(10-17)6-2-3-7-14/h4-5,8,16-17H,2-3,6-7,9-10H2,1H3. The first-order valence-corrected chi connectivity index (χ1v) is 8.61. The number of hydrogen-bond donors (Lipinski definition) is 2. The highest BCUT2D eigenvalue weighted by Crippen LogP contribution is 2.37. The average Bonchev–Trinajstić information content (AvgIpc) is 2.85. The van der Waals surface area contributed by atoms with Crippen LogP contribution in [0.25, 0.3) is 0 Å². The molecule has 112 valence electrons. The lowest BCUT2D eigenvalue weighted by atomic mass is 9.88. The number of benzene rings is 1. The highest BCUT2D eigenvalue weighted by Gasteiger charge is 2.34. The second-order valence-corrected chi connectivity index (χ2v) is 7.77. The molecule has 0 radical (unpaired) electrons. The molecule has 6 heteroatoms. The second-order valence-electron chi connectivity index (χ2n) is 5.62. The number of rotatable bonds is 5. The minimum atomic E-state index is -3.64. The number of nitrogens with one attached hydrogen (secondary N) is 1. The zero-order valence-corrected chi connectivity index (χ0v) is 13.1. The normalized spacial score (nSPS) is 18.4. The van der Waals surface area contributed by atoms with Gasteiger partial charge in [-0.3, -0.25) is 0 Å². The van der Waals surface area contributed by atoms with Gasteiger partial charge in [0.05, 0.1) is 5.02 Å². The van der Waals surface area contributed by atoms with Gasteiger partial charge in [0.25, 0.3) is 0 Å². The molecule has 1 aliphatic carbocycles. The van der Waals surface area contributed by atoms with E-state index in [-0.39, 0.29) is 28.5 Å². The van der Waals surface area contributed by atoms with Crippen molar-refractivity contribution in [2.75, 3.05) is 13.2 Å². The molecule has 0 atom stereocenters. The lowest BCUT2D eigenvalue weighted by Gasteiger charge is -2.26. The third-order valence-electron chi connectivity index (χ3n) is 4.01. The molecule has 1 saturated carbocycles.